The molecule has 10 rings (SSSR count). The molecule has 10 aromatic rings. The number of rotatable bonds is 4. The largest absolute Gasteiger partial charge is 0.208 e. The van der Waals surface area contributed by atoms with Crippen LogP contribution < -0.4 is 0 Å². The summed E-state index contributed by atoms with van der Waals surface area (Å²) in [6.07, 6.45) is 0. The molecule has 0 aliphatic heterocycles. The number of hydrogen-bond acceptors (Lipinski definition) is 4. The minimum absolute atomic E-state index is 0.653. The first-order valence-electron chi connectivity index (χ1n) is 16.4. The molecule has 0 bridgehead atoms. The van der Waals surface area contributed by atoms with Crippen molar-refractivity contribution in [1.82, 2.24) is 15.0 Å². The Hall–Kier alpha value is -6.23. The normalized spacial score (nSPS) is 11.7. The van der Waals surface area contributed by atoms with Gasteiger partial charge in [0.25, 0.3) is 0 Å². The van der Waals surface area contributed by atoms with Gasteiger partial charge >= 0.3 is 0 Å². The maximum atomic E-state index is 5.06. The van der Waals surface area contributed by atoms with Crippen LogP contribution in [0.5, 0.6) is 0 Å². The van der Waals surface area contributed by atoms with Gasteiger partial charge in [-0.15, -0.1) is 11.3 Å². The van der Waals surface area contributed by atoms with Crippen LogP contribution in [0.25, 0.3) is 97.8 Å². The Kier molecular flexibility index (Phi) is 6.36. The molecule has 0 unspecified atom stereocenters. The molecule has 2 aromatic heterocycles. The van der Waals surface area contributed by atoms with Crippen molar-refractivity contribution < 1.29 is 0 Å². The summed E-state index contributed by atoms with van der Waals surface area (Å²) < 4.78 is 2.62. The molecular weight excluding hydrogens is 615 g/mol. The summed E-state index contributed by atoms with van der Waals surface area (Å²) in [7, 11) is 0. The molecule has 0 saturated heterocycles. The van der Waals surface area contributed by atoms with Gasteiger partial charge in [0.05, 0.1) is 0 Å². The summed E-state index contributed by atoms with van der Waals surface area (Å²) in [6.45, 7) is 0. The molecule has 0 amide bonds. The second-order valence-corrected chi connectivity index (χ2v) is 13.5. The van der Waals surface area contributed by atoms with Crippen LogP contribution in [0.4, 0.5) is 0 Å². The highest BCUT2D eigenvalue weighted by Gasteiger charge is 2.17. The summed E-state index contributed by atoms with van der Waals surface area (Å²) in [5.74, 6) is 1.97. The van der Waals surface area contributed by atoms with Crippen molar-refractivity contribution in [3.63, 3.8) is 0 Å². The first kappa shape index (κ1) is 27.8. The van der Waals surface area contributed by atoms with E-state index < -0.39 is 0 Å². The quantitative estimate of drug-likeness (QED) is 0.180. The van der Waals surface area contributed by atoms with Crippen molar-refractivity contribution in [1.29, 1.82) is 0 Å². The van der Waals surface area contributed by atoms with Crippen LogP contribution in [0.15, 0.2) is 164 Å². The summed E-state index contributed by atoms with van der Waals surface area (Å²) in [4.78, 5) is 15.1. The van der Waals surface area contributed by atoms with Crippen molar-refractivity contribution in [2.45, 2.75) is 0 Å². The van der Waals surface area contributed by atoms with Crippen LogP contribution in [0.3, 0.4) is 0 Å². The molecule has 4 heteroatoms. The van der Waals surface area contributed by atoms with Crippen molar-refractivity contribution in [3.05, 3.63) is 164 Å². The zero-order valence-electron chi connectivity index (χ0n) is 26.3. The van der Waals surface area contributed by atoms with Crippen LogP contribution in [0.2, 0.25) is 0 Å². The van der Waals surface area contributed by atoms with Gasteiger partial charge in [-0.25, -0.2) is 15.0 Å². The highest BCUT2D eigenvalue weighted by Crippen LogP contribution is 2.43. The third kappa shape index (κ3) is 4.61. The first-order valence-corrected chi connectivity index (χ1v) is 17.3. The van der Waals surface area contributed by atoms with Crippen molar-refractivity contribution >= 4 is 63.8 Å². The van der Waals surface area contributed by atoms with Crippen molar-refractivity contribution in [2.24, 2.45) is 0 Å². The van der Waals surface area contributed by atoms with Crippen LogP contribution in [0.1, 0.15) is 0 Å². The smallest absolute Gasteiger partial charge is 0.164 e. The van der Waals surface area contributed by atoms with E-state index in [2.05, 4.69) is 103 Å². The van der Waals surface area contributed by atoms with E-state index in [0.29, 0.717) is 17.5 Å². The maximum absolute atomic E-state index is 5.06. The molecule has 0 aliphatic rings. The number of hydrogen-bond donors (Lipinski definition) is 0. The summed E-state index contributed by atoms with van der Waals surface area (Å²) in [5, 5.41) is 9.97. The fourth-order valence-corrected chi connectivity index (χ4v) is 8.36. The van der Waals surface area contributed by atoms with Crippen LogP contribution in [-0.4, -0.2) is 15.0 Å². The number of benzene rings is 8. The Bertz CT molecular complexity index is 2820. The number of nitrogens with zero attached hydrogens (tertiary/aromatic N) is 3. The molecule has 0 aliphatic carbocycles. The van der Waals surface area contributed by atoms with E-state index in [-0.39, 0.29) is 0 Å². The van der Waals surface area contributed by atoms with Gasteiger partial charge in [-0.05, 0) is 61.6 Å². The average molecular weight is 642 g/mol. The topological polar surface area (TPSA) is 38.7 Å². The molecule has 0 spiro atoms. The number of fused-ring (bicyclic) bond motifs is 9. The lowest BCUT2D eigenvalue weighted by molar-refractivity contribution is 1.07. The Balaban J connectivity index is 1.25. The van der Waals surface area contributed by atoms with Crippen LogP contribution in [0, 0.1) is 0 Å². The van der Waals surface area contributed by atoms with Gasteiger partial charge in [-0.3, -0.25) is 0 Å². The van der Waals surface area contributed by atoms with Gasteiger partial charge in [0.1, 0.15) is 0 Å². The zero-order chi connectivity index (χ0) is 32.3. The Morgan fingerprint density at radius 2 is 0.816 bits per heavy atom. The summed E-state index contributed by atoms with van der Waals surface area (Å²) in [5.41, 5.74) is 5.30. The first-order chi connectivity index (χ1) is 24.3. The Morgan fingerprint density at radius 3 is 1.53 bits per heavy atom. The fraction of sp³-hybridized carbons (Fsp3) is 0. The Labute approximate surface area is 286 Å². The van der Waals surface area contributed by atoms with Crippen LogP contribution >= 0.6 is 11.3 Å². The lowest BCUT2D eigenvalue weighted by atomic mass is 9.88. The van der Waals surface area contributed by atoms with Gasteiger partial charge in [0.2, 0.25) is 0 Å². The van der Waals surface area contributed by atoms with E-state index in [1.165, 1.54) is 63.6 Å². The molecule has 3 nitrogen and oxygen atoms in total. The van der Waals surface area contributed by atoms with Gasteiger partial charge in [-0.1, -0.05) is 146 Å². The zero-order valence-corrected chi connectivity index (χ0v) is 27.2. The van der Waals surface area contributed by atoms with E-state index in [9.17, 15) is 0 Å². The highest BCUT2D eigenvalue weighted by atomic mass is 32.1. The van der Waals surface area contributed by atoms with Gasteiger partial charge in [0, 0.05) is 36.9 Å². The maximum Gasteiger partial charge on any atom is 0.164 e. The molecule has 8 aromatic carbocycles. The lowest BCUT2D eigenvalue weighted by Crippen LogP contribution is -2.00. The minimum atomic E-state index is 0.653. The standard InChI is InChI=1S/C45H27N3S/c1-3-12-28(13-4-1)43-46-44(29-14-5-2-6-15-29)48-45(47-43)31-23-24-35-33-16-7-8-17-34(33)38-20-11-19-32(42(38)39(35)26-31)30-22-25-37-36-18-9-10-21-40(36)49-41(37)27-30/h1-27H. The third-order valence-corrected chi connectivity index (χ3v) is 10.6. The number of thiophene rings is 1. The van der Waals surface area contributed by atoms with E-state index in [1.807, 2.05) is 72.0 Å². The number of aromatic nitrogens is 3. The van der Waals surface area contributed by atoms with E-state index >= 15 is 0 Å². The van der Waals surface area contributed by atoms with E-state index in [4.69, 9.17) is 15.0 Å². The monoisotopic (exact) mass is 641 g/mol. The molecular formula is C45H27N3S. The predicted molar refractivity (Wildman–Crippen MR) is 207 cm³/mol. The molecule has 228 valence electrons. The third-order valence-electron chi connectivity index (χ3n) is 9.51. The lowest BCUT2D eigenvalue weighted by Gasteiger charge is -2.16. The Morgan fingerprint density at radius 1 is 0.306 bits per heavy atom. The summed E-state index contributed by atoms with van der Waals surface area (Å²) in [6, 6.07) is 58.1. The minimum Gasteiger partial charge on any atom is -0.208 e. The van der Waals surface area contributed by atoms with E-state index in [1.54, 1.807) is 0 Å². The molecule has 0 atom stereocenters. The molecule has 0 N–H and O–H groups in total. The SMILES string of the molecule is c1ccc(-c2nc(-c3ccccc3)nc(-c3ccc4c5ccccc5c5cccc(-c6ccc7c(c6)sc6ccccc67)c5c4c3)n2)cc1. The van der Waals surface area contributed by atoms with Gasteiger partial charge in [0.15, 0.2) is 17.5 Å². The molecule has 49 heavy (non-hydrogen) atoms. The second-order valence-electron chi connectivity index (χ2n) is 12.4. The second kappa shape index (κ2) is 11.2. The molecule has 0 saturated carbocycles. The van der Waals surface area contributed by atoms with Crippen molar-refractivity contribution in [2.75, 3.05) is 0 Å². The average Bonchev–Trinajstić information content (AvgIpc) is 3.56. The van der Waals surface area contributed by atoms with Crippen LogP contribution in [-0.2, 0) is 0 Å². The molecule has 2 heterocycles. The van der Waals surface area contributed by atoms with Gasteiger partial charge < -0.3 is 0 Å². The predicted octanol–water partition coefficient (Wildman–Crippen LogP) is 12.4. The fourth-order valence-electron chi connectivity index (χ4n) is 7.22. The van der Waals surface area contributed by atoms with E-state index in [0.717, 1.165) is 16.7 Å². The van der Waals surface area contributed by atoms with Gasteiger partial charge in [-0.2, -0.15) is 0 Å². The summed E-state index contributed by atoms with van der Waals surface area (Å²) >= 11 is 1.86. The highest BCUT2D eigenvalue weighted by molar-refractivity contribution is 7.25. The van der Waals surface area contributed by atoms with Crippen molar-refractivity contribution in [3.8, 4) is 45.3 Å². The molecule has 0 fully saturated rings. The molecule has 0 radical (unpaired) electrons.